The van der Waals surface area contributed by atoms with Gasteiger partial charge in [0.25, 0.3) is 0 Å². The minimum Gasteiger partial charge on any atom is -0.412 e. The molecule has 16 heavy (non-hydrogen) atoms. The summed E-state index contributed by atoms with van der Waals surface area (Å²) in [5.74, 6) is 2.64. The molecule has 0 amide bonds. The smallest absolute Gasteiger partial charge is 0.192 e. The molecule has 0 atom stereocenters. The third kappa shape index (κ3) is 3.21. The fourth-order valence-corrected chi connectivity index (χ4v) is 2.79. The molecule has 0 aromatic carbocycles. The summed E-state index contributed by atoms with van der Waals surface area (Å²) >= 11 is 1.68. The molecule has 1 heterocycles. The molecule has 0 radical (unpaired) electrons. The molecule has 0 aliphatic rings. The summed E-state index contributed by atoms with van der Waals surface area (Å²) < 4.78 is 6.12. The van der Waals surface area contributed by atoms with Crippen molar-refractivity contribution in [1.29, 1.82) is 0 Å². The van der Waals surface area contributed by atoms with Crippen LogP contribution in [0.15, 0.2) is 11.4 Å². The molecule has 0 unspecified atom stereocenters. The van der Waals surface area contributed by atoms with Gasteiger partial charge in [0.1, 0.15) is 0 Å². The number of terminal acetylenes is 1. The first kappa shape index (κ1) is 13.5. The Morgan fingerprint density at radius 3 is 2.50 bits per heavy atom. The van der Waals surface area contributed by atoms with Crippen LogP contribution in [-0.2, 0) is 11.0 Å². The van der Waals surface area contributed by atoms with E-state index in [1.807, 2.05) is 11.4 Å². The quantitative estimate of drug-likeness (QED) is 0.577. The van der Waals surface area contributed by atoms with Crippen molar-refractivity contribution in [2.24, 2.45) is 0 Å². The van der Waals surface area contributed by atoms with Gasteiger partial charge in [-0.1, -0.05) is 26.7 Å². The Labute approximate surface area is 104 Å². The van der Waals surface area contributed by atoms with Gasteiger partial charge in [-0.15, -0.1) is 17.8 Å². The fraction of sp³-hybridized carbons (Fsp3) is 0.538. The molecule has 0 bridgehead atoms. The van der Waals surface area contributed by atoms with Gasteiger partial charge in [0.15, 0.2) is 8.32 Å². The van der Waals surface area contributed by atoms with Gasteiger partial charge < -0.3 is 4.43 Å². The van der Waals surface area contributed by atoms with Crippen molar-refractivity contribution in [1.82, 2.24) is 0 Å². The van der Waals surface area contributed by atoms with E-state index in [2.05, 4.69) is 39.8 Å². The SMILES string of the molecule is C#Cc1csc(CO[Si](C)(C)C(C)(C)C)c1. The van der Waals surface area contributed by atoms with E-state index < -0.39 is 8.32 Å². The Morgan fingerprint density at radius 2 is 2.06 bits per heavy atom. The maximum Gasteiger partial charge on any atom is 0.192 e. The standard InChI is InChI=1S/C13H20OSSi/c1-7-11-8-12(15-10-11)9-14-16(5,6)13(2,3)4/h1,8,10H,9H2,2-6H3. The summed E-state index contributed by atoms with van der Waals surface area (Å²) in [5, 5.41) is 2.27. The predicted octanol–water partition coefficient (Wildman–Crippen LogP) is 4.25. The topological polar surface area (TPSA) is 9.23 Å². The first-order chi connectivity index (χ1) is 7.26. The summed E-state index contributed by atoms with van der Waals surface area (Å²) in [7, 11) is -1.63. The Morgan fingerprint density at radius 1 is 1.44 bits per heavy atom. The molecule has 1 nitrogen and oxygen atoms in total. The lowest BCUT2D eigenvalue weighted by Gasteiger charge is -2.36. The third-order valence-electron chi connectivity index (χ3n) is 3.20. The predicted molar refractivity (Wildman–Crippen MR) is 74.2 cm³/mol. The van der Waals surface area contributed by atoms with Gasteiger partial charge in [0, 0.05) is 15.8 Å². The van der Waals surface area contributed by atoms with Gasteiger partial charge in [-0.05, 0) is 24.2 Å². The van der Waals surface area contributed by atoms with Crippen molar-refractivity contribution in [2.45, 2.75) is 45.5 Å². The van der Waals surface area contributed by atoms with Gasteiger partial charge in [-0.3, -0.25) is 0 Å². The zero-order chi connectivity index (χ0) is 12.4. The first-order valence-corrected chi connectivity index (χ1v) is 9.23. The number of thiophene rings is 1. The van der Waals surface area contributed by atoms with Crippen molar-refractivity contribution in [3.8, 4) is 12.3 Å². The lowest BCUT2D eigenvalue weighted by molar-refractivity contribution is 0.279. The van der Waals surface area contributed by atoms with Crippen LogP contribution in [0, 0.1) is 12.3 Å². The molecule has 0 spiro atoms. The van der Waals surface area contributed by atoms with Crippen LogP contribution in [0.25, 0.3) is 0 Å². The fourth-order valence-electron chi connectivity index (χ4n) is 1.00. The Hall–Kier alpha value is -0.563. The average molecular weight is 252 g/mol. The van der Waals surface area contributed by atoms with Crippen molar-refractivity contribution < 1.29 is 4.43 Å². The lowest BCUT2D eigenvalue weighted by Crippen LogP contribution is -2.40. The number of rotatable bonds is 3. The molecule has 0 aliphatic carbocycles. The van der Waals surface area contributed by atoms with Crippen molar-refractivity contribution in [2.75, 3.05) is 0 Å². The average Bonchev–Trinajstić information content (AvgIpc) is 2.60. The molecule has 1 rings (SSSR count). The van der Waals surface area contributed by atoms with Crippen LogP contribution in [0.3, 0.4) is 0 Å². The largest absolute Gasteiger partial charge is 0.412 e. The second-order valence-electron chi connectivity index (χ2n) is 5.50. The molecule has 0 aliphatic heterocycles. The van der Waals surface area contributed by atoms with Crippen LogP contribution < -0.4 is 0 Å². The second kappa shape index (κ2) is 4.75. The molecule has 0 saturated heterocycles. The van der Waals surface area contributed by atoms with Gasteiger partial charge in [0.2, 0.25) is 0 Å². The summed E-state index contributed by atoms with van der Waals surface area (Å²) in [4.78, 5) is 1.22. The molecular formula is C13H20OSSi. The molecule has 0 N–H and O–H groups in total. The van der Waals surface area contributed by atoms with Crippen LogP contribution in [0.1, 0.15) is 31.2 Å². The first-order valence-electron chi connectivity index (χ1n) is 5.44. The minimum absolute atomic E-state index is 0.263. The Kier molecular flexibility index (Phi) is 4.00. The second-order valence-corrected chi connectivity index (χ2v) is 11.3. The Bertz CT molecular complexity index is 393. The van der Waals surface area contributed by atoms with Crippen molar-refractivity contribution in [3.05, 3.63) is 21.9 Å². The van der Waals surface area contributed by atoms with E-state index in [4.69, 9.17) is 10.8 Å². The maximum absolute atomic E-state index is 6.12. The van der Waals surface area contributed by atoms with Gasteiger partial charge >= 0.3 is 0 Å². The van der Waals surface area contributed by atoms with Gasteiger partial charge in [-0.2, -0.15) is 0 Å². The van der Waals surface area contributed by atoms with Crippen LogP contribution >= 0.6 is 11.3 Å². The lowest BCUT2D eigenvalue weighted by atomic mass is 10.2. The Balaban J connectivity index is 2.62. The third-order valence-corrected chi connectivity index (χ3v) is 8.59. The highest BCUT2D eigenvalue weighted by atomic mass is 32.1. The van der Waals surface area contributed by atoms with Crippen LogP contribution in [0.4, 0.5) is 0 Å². The molecular weight excluding hydrogens is 232 g/mol. The summed E-state index contributed by atoms with van der Waals surface area (Å²) in [6.07, 6.45) is 5.34. The van der Waals surface area contributed by atoms with E-state index in [1.165, 1.54) is 4.88 Å². The van der Waals surface area contributed by atoms with E-state index in [0.29, 0.717) is 6.61 Å². The molecule has 1 aromatic heterocycles. The summed E-state index contributed by atoms with van der Waals surface area (Å²) in [6.45, 7) is 12.0. The van der Waals surface area contributed by atoms with Crippen LogP contribution in [0.2, 0.25) is 18.1 Å². The van der Waals surface area contributed by atoms with Crippen molar-refractivity contribution in [3.63, 3.8) is 0 Å². The molecule has 0 fully saturated rings. The molecule has 3 heteroatoms. The number of hydrogen-bond donors (Lipinski definition) is 0. The zero-order valence-corrected chi connectivity index (χ0v) is 12.6. The van der Waals surface area contributed by atoms with E-state index >= 15 is 0 Å². The molecule has 1 aromatic rings. The highest BCUT2D eigenvalue weighted by Gasteiger charge is 2.37. The zero-order valence-electron chi connectivity index (χ0n) is 10.8. The van der Waals surface area contributed by atoms with Crippen LogP contribution in [-0.4, -0.2) is 8.32 Å². The maximum atomic E-state index is 6.12. The molecule has 0 saturated carbocycles. The van der Waals surface area contributed by atoms with E-state index in [-0.39, 0.29) is 5.04 Å². The van der Waals surface area contributed by atoms with Gasteiger partial charge in [-0.25, -0.2) is 0 Å². The summed E-state index contributed by atoms with van der Waals surface area (Å²) in [6, 6.07) is 2.04. The highest BCUT2D eigenvalue weighted by Crippen LogP contribution is 2.37. The monoisotopic (exact) mass is 252 g/mol. The highest BCUT2D eigenvalue weighted by molar-refractivity contribution is 7.10. The molecule has 88 valence electrons. The number of hydrogen-bond acceptors (Lipinski definition) is 2. The normalized spacial score (nSPS) is 12.5. The summed E-state index contributed by atoms with van der Waals surface area (Å²) in [5.41, 5.74) is 0.957. The van der Waals surface area contributed by atoms with E-state index in [9.17, 15) is 0 Å². The minimum atomic E-state index is -1.63. The van der Waals surface area contributed by atoms with E-state index in [1.54, 1.807) is 11.3 Å². The van der Waals surface area contributed by atoms with Gasteiger partial charge in [0.05, 0.1) is 6.61 Å². The van der Waals surface area contributed by atoms with Crippen LogP contribution in [0.5, 0.6) is 0 Å². The van der Waals surface area contributed by atoms with E-state index in [0.717, 1.165) is 5.56 Å². The van der Waals surface area contributed by atoms with Crippen molar-refractivity contribution >= 4 is 19.7 Å².